The lowest BCUT2D eigenvalue weighted by molar-refractivity contribution is 0.0427. The van der Waals surface area contributed by atoms with E-state index in [1.165, 1.54) is 38.5 Å². The maximum atomic E-state index is 5.72. The molecule has 0 aromatic carbocycles. The van der Waals surface area contributed by atoms with Crippen LogP contribution >= 0.6 is 0 Å². The molecule has 0 spiro atoms. The molecule has 2 heteroatoms. The summed E-state index contributed by atoms with van der Waals surface area (Å²) in [6.45, 7) is 1.62. The van der Waals surface area contributed by atoms with Crippen LogP contribution in [-0.2, 0) is 4.74 Å². The van der Waals surface area contributed by atoms with Crippen molar-refractivity contribution in [3.8, 4) is 0 Å². The first-order valence-electron chi connectivity index (χ1n) is 5.25. The highest BCUT2D eigenvalue weighted by atomic mass is 16.5. The molecule has 0 aromatic rings. The summed E-state index contributed by atoms with van der Waals surface area (Å²) >= 11 is 0. The van der Waals surface area contributed by atoms with Crippen molar-refractivity contribution in [2.75, 3.05) is 13.2 Å². The minimum atomic E-state index is 0.541. The van der Waals surface area contributed by atoms with Gasteiger partial charge in [0.05, 0.1) is 6.10 Å². The molecule has 1 fully saturated rings. The van der Waals surface area contributed by atoms with Gasteiger partial charge in [-0.05, 0) is 25.8 Å². The Bertz CT molecular complexity index is 98.0. The van der Waals surface area contributed by atoms with Gasteiger partial charge in [0.25, 0.3) is 0 Å². The molecular formula is C10H21NO. The number of hydrogen-bond acceptors (Lipinski definition) is 2. The van der Waals surface area contributed by atoms with Crippen LogP contribution in [0.2, 0.25) is 0 Å². The predicted octanol–water partition coefficient (Wildman–Crippen LogP) is 2.07. The van der Waals surface area contributed by atoms with Crippen molar-refractivity contribution in [3.63, 3.8) is 0 Å². The van der Waals surface area contributed by atoms with Gasteiger partial charge >= 0.3 is 0 Å². The molecule has 1 aliphatic carbocycles. The van der Waals surface area contributed by atoms with E-state index in [1.54, 1.807) is 0 Å². The minimum Gasteiger partial charge on any atom is -0.378 e. The molecule has 0 unspecified atom stereocenters. The molecule has 0 atom stereocenters. The average Bonchev–Trinajstić information content (AvgIpc) is 2.33. The first kappa shape index (κ1) is 10.0. The van der Waals surface area contributed by atoms with E-state index in [2.05, 4.69) is 0 Å². The van der Waals surface area contributed by atoms with E-state index in [0.29, 0.717) is 6.10 Å². The van der Waals surface area contributed by atoms with E-state index in [0.717, 1.165) is 19.6 Å². The van der Waals surface area contributed by atoms with Crippen molar-refractivity contribution >= 4 is 0 Å². The van der Waals surface area contributed by atoms with Gasteiger partial charge in [-0.15, -0.1) is 0 Å². The third-order valence-corrected chi connectivity index (χ3v) is 2.50. The van der Waals surface area contributed by atoms with Crippen molar-refractivity contribution in [2.24, 2.45) is 5.73 Å². The van der Waals surface area contributed by atoms with Crippen LogP contribution in [0.1, 0.15) is 44.9 Å². The van der Waals surface area contributed by atoms with Crippen LogP contribution in [0.25, 0.3) is 0 Å². The number of hydrogen-bond donors (Lipinski definition) is 1. The summed E-state index contributed by atoms with van der Waals surface area (Å²) in [5, 5.41) is 0. The minimum absolute atomic E-state index is 0.541. The molecule has 0 amide bonds. The molecule has 12 heavy (non-hydrogen) atoms. The van der Waals surface area contributed by atoms with Crippen LogP contribution in [0.5, 0.6) is 0 Å². The number of nitrogens with two attached hydrogens (primary N) is 1. The molecule has 72 valence electrons. The second-order valence-corrected chi connectivity index (χ2v) is 3.63. The van der Waals surface area contributed by atoms with Gasteiger partial charge in [-0.25, -0.2) is 0 Å². The second-order valence-electron chi connectivity index (χ2n) is 3.63. The molecule has 0 saturated heterocycles. The summed E-state index contributed by atoms with van der Waals surface area (Å²) in [6.07, 6.45) is 9.60. The highest BCUT2D eigenvalue weighted by Gasteiger charge is 2.11. The van der Waals surface area contributed by atoms with Gasteiger partial charge in [0.15, 0.2) is 0 Å². The SMILES string of the molecule is NCCCOC1CCCCCC1. The zero-order valence-electron chi connectivity index (χ0n) is 7.93. The summed E-state index contributed by atoms with van der Waals surface area (Å²) in [4.78, 5) is 0. The first-order chi connectivity index (χ1) is 5.93. The maximum absolute atomic E-state index is 5.72. The Kier molecular flexibility index (Phi) is 5.37. The Balaban J connectivity index is 2.04. The third kappa shape index (κ3) is 4.07. The zero-order valence-corrected chi connectivity index (χ0v) is 7.93. The fourth-order valence-electron chi connectivity index (χ4n) is 1.74. The molecule has 0 heterocycles. The fraction of sp³-hybridized carbons (Fsp3) is 1.00. The lowest BCUT2D eigenvalue weighted by Crippen LogP contribution is -2.14. The molecule has 2 nitrogen and oxygen atoms in total. The standard InChI is InChI=1S/C10H21NO/c11-8-5-9-12-10-6-3-1-2-4-7-10/h10H,1-9,11H2. The topological polar surface area (TPSA) is 35.2 Å². The fourth-order valence-corrected chi connectivity index (χ4v) is 1.74. The molecule has 1 aliphatic rings. The van der Waals surface area contributed by atoms with Crippen molar-refractivity contribution in [3.05, 3.63) is 0 Å². The first-order valence-corrected chi connectivity index (χ1v) is 5.25. The van der Waals surface area contributed by atoms with Crippen LogP contribution in [0, 0.1) is 0 Å². The highest BCUT2D eigenvalue weighted by molar-refractivity contribution is 4.63. The van der Waals surface area contributed by atoms with Gasteiger partial charge in [0.2, 0.25) is 0 Å². The van der Waals surface area contributed by atoms with Crippen LogP contribution in [0.15, 0.2) is 0 Å². The monoisotopic (exact) mass is 171 g/mol. The highest BCUT2D eigenvalue weighted by Crippen LogP contribution is 2.19. The van der Waals surface area contributed by atoms with Gasteiger partial charge in [-0.2, -0.15) is 0 Å². The average molecular weight is 171 g/mol. The number of rotatable bonds is 4. The molecule has 1 saturated carbocycles. The molecule has 0 aromatic heterocycles. The van der Waals surface area contributed by atoms with Crippen molar-refractivity contribution in [1.29, 1.82) is 0 Å². The second kappa shape index (κ2) is 6.44. The molecule has 0 bridgehead atoms. The Morgan fingerprint density at radius 1 is 1.08 bits per heavy atom. The summed E-state index contributed by atoms with van der Waals surface area (Å²) in [5.41, 5.74) is 5.39. The Morgan fingerprint density at radius 3 is 2.33 bits per heavy atom. The van der Waals surface area contributed by atoms with Crippen LogP contribution in [0.4, 0.5) is 0 Å². The maximum Gasteiger partial charge on any atom is 0.0575 e. The van der Waals surface area contributed by atoms with Crippen LogP contribution in [0.3, 0.4) is 0 Å². The Morgan fingerprint density at radius 2 is 1.75 bits per heavy atom. The summed E-state index contributed by atoms with van der Waals surface area (Å²) < 4.78 is 5.72. The van der Waals surface area contributed by atoms with Gasteiger partial charge < -0.3 is 10.5 Å². The predicted molar refractivity (Wildman–Crippen MR) is 51.1 cm³/mol. The molecule has 0 radical (unpaired) electrons. The third-order valence-electron chi connectivity index (χ3n) is 2.50. The lowest BCUT2D eigenvalue weighted by atomic mass is 10.1. The lowest BCUT2D eigenvalue weighted by Gasteiger charge is -2.14. The summed E-state index contributed by atoms with van der Waals surface area (Å²) in [5.74, 6) is 0. The molecule has 0 aliphatic heterocycles. The van der Waals surface area contributed by atoms with E-state index in [9.17, 15) is 0 Å². The normalized spacial score (nSPS) is 20.8. The van der Waals surface area contributed by atoms with Crippen molar-refractivity contribution in [1.82, 2.24) is 0 Å². The van der Waals surface area contributed by atoms with E-state index >= 15 is 0 Å². The molecule has 1 rings (SSSR count). The van der Waals surface area contributed by atoms with Gasteiger partial charge in [-0.3, -0.25) is 0 Å². The van der Waals surface area contributed by atoms with Gasteiger partial charge in [0.1, 0.15) is 0 Å². The van der Waals surface area contributed by atoms with E-state index < -0.39 is 0 Å². The van der Waals surface area contributed by atoms with E-state index in [-0.39, 0.29) is 0 Å². The zero-order chi connectivity index (χ0) is 8.65. The number of ether oxygens (including phenoxy) is 1. The van der Waals surface area contributed by atoms with Crippen LogP contribution in [-0.4, -0.2) is 19.3 Å². The molecule has 2 N–H and O–H groups in total. The quantitative estimate of drug-likeness (QED) is 0.519. The smallest absolute Gasteiger partial charge is 0.0575 e. The van der Waals surface area contributed by atoms with Crippen molar-refractivity contribution < 1.29 is 4.74 Å². The van der Waals surface area contributed by atoms with Crippen molar-refractivity contribution in [2.45, 2.75) is 51.0 Å². The van der Waals surface area contributed by atoms with E-state index in [4.69, 9.17) is 10.5 Å². The summed E-state index contributed by atoms with van der Waals surface area (Å²) in [7, 11) is 0. The van der Waals surface area contributed by atoms with Crippen LogP contribution < -0.4 is 5.73 Å². The Labute approximate surface area is 75.5 Å². The summed E-state index contributed by atoms with van der Waals surface area (Å²) in [6, 6.07) is 0. The molecular weight excluding hydrogens is 150 g/mol. The Hall–Kier alpha value is -0.0800. The largest absolute Gasteiger partial charge is 0.378 e. The van der Waals surface area contributed by atoms with Gasteiger partial charge in [-0.1, -0.05) is 25.7 Å². The van der Waals surface area contributed by atoms with E-state index in [1.807, 2.05) is 0 Å². The van der Waals surface area contributed by atoms with Gasteiger partial charge in [0, 0.05) is 6.61 Å².